The molecule has 0 fully saturated rings. The Hall–Kier alpha value is -4.39. The van der Waals surface area contributed by atoms with E-state index < -0.39 is 17.6 Å². The zero-order valence-corrected chi connectivity index (χ0v) is 18.1. The summed E-state index contributed by atoms with van der Waals surface area (Å²) in [6.07, 6.45) is -3.25. The molecule has 0 aliphatic carbocycles. The molecule has 0 unspecified atom stereocenters. The minimum atomic E-state index is -4.48. The van der Waals surface area contributed by atoms with Gasteiger partial charge in [-0.25, -0.2) is 0 Å². The van der Waals surface area contributed by atoms with Crippen LogP contribution in [0.15, 0.2) is 64.6 Å². The van der Waals surface area contributed by atoms with Gasteiger partial charge < -0.3 is 23.9 Å². The highest BCUT2D eigenvalue weighted by Crippen LogP contribution is 2.32. The summed E-state index contributed by atoms with van der Waals surface area (Å²) in [5.74, 6) is 0.649. The number of nitriles is 1. The number of carbonyl (C=O) groups excluding carboxylic acids is 1. The zero-order valence-electron chi connectivity index (χ0n) is 18.1. The largest absolute Gasteiger partial charge is 0.497 e. The van der Waals surface area contributed by atoms with Crippen molar-refractivity contribution in [2.24, 2.45) is 0 Å². The van der Waals surface area contributed by atoms with Crippen LogP contribution in [0.25, 0.3) is 6.08 Å². The van der Waals surface area contributed by atoms with E-state index >= 15 is 0 Å². The molecule has 1 amide bonds. The Morgan fingerprint density at radius 1 is 1.09 bits per heavy atom. The lowest BCUT2D eigenvalue weighted by Crippen LogP contribution is -2.14. The van der Waals surface area contributed by atoms with Crippen molar-refractivity contribution in [3.8, 4) is 23.3 Å². The Kier molecular flexibility index (Phi) is 7.48. The number of rotatable bonds is 8. The maximum absolute atomic E-state index is 12.8. The molecule has 1 aromatic heterocycles. The molecule has 0 bridgehead atoms. The van der Waals surface area contributed by atoms with Gasteiger partial charge in [-0.2, -0.15) is 18.4 Å². The average molecular weight is 472 g/mol. The molecule has 1 N–H and O–H groups in total. The second kappa shape index (κ2) is 10.5. The molecule has 7 nitrogen and oxygen atoms in total. The second-order valence-corrected chi connectivity index (χ2v) is 6.81. The molecule has 0 aliphatic rings. The van der Waals surface area contributed by atoms with Crippen LogP contribution < -0.4 is 19.5 Å². The van der Waals surface area contributed by atoms with Crippen LogP contribution in [0, 0.1) is 11.3 Å². The van der Waals surface area contributed by atoms with Crippen molar-refractivity contribution in [3.63, 3.8) is 0 Å². The number of carbonyl (C=O) groups is 1. The smallest absolute Gasteiger partial charge is 0.416 e. The molecule has 0 radical (unpaired) electrons. The van der Waals surface area contributed by atoms with E-state index in [0.29, 0.717) is 17.2 Å². The molecule has 34 heavy (non-hydrogen) atoms. The van der Waals surface area contributed by atoms with E-state index in [1.807, 2.05) is 0 Å². The number of methoxy groups -OCH3 is 2. The third kappa shape index (κ3) is 6.10. The highest BCUT2D eigenvalue weighted by molar-refractivity contribution is 6.10. The van der Waals surface area contributed by atoms with E-state index in [0.717, 1.165) is 12.1 Å². The number of hydrogen-bond acceptors (Lipinski definition) is 6. The monoisotopic (exact) mass is 472 g/mol. The first-order valence-electron chi connectivity index (χ1n) is 9.77. The number of benzene rings is 2. The number of nitrogens with zero attached hydrogens (tertiary/aromatic N) is 1. The first kappa shape index (κ1) is 24.3. The van der Waals surface area contributed by atoms with E-state index in [4.69, 9.17) is 18.6 Å². The van der Waals surface area contributed by atoms with Crippen LogP contribution in [0.1, 0.15) is 17.1 Å². The fourth-order valence-electron chi connectivity index (χ4n) is 2.86. The van der Waals surface area contributed by atoms with Crippen molar-refractivity contribution >= 4 is 17.7 Å². The van der Waals surface area contributed by atoms with Gasteiger partial charge in [-0.1, -0.05) is 6.07 Å². The van der Waals surface area contributed by atoms with E-state index in [-0.39, 0.29) is 29.4 Å². The number of nitrogens with one attached hydrogen (secondary N) is 1. The number of hydrogen-bond donors (Lipinski definition) is 1. The summed E-state index contributed by atoms with van der Waals surface area (Å²) in [6.45, 7) is -0.149. The van der Waals surface area contributed by atoms with Gasteiger partial charge in [-0.15, -0.1) is 0 Å². The fourth-order valence-corrected chi connectivity index (χ4v) is 2.86. The predicted molar refractivity (Wildman–Crippen MR) is 116 cm³/mol. The molecule has 3 rings (SSSR count). The summed E-state index contributed by atoms with van der Waals surface area (Å²) in [6, 6.07) is 14.1. The van der Waals surface area contributed by atoms with Crippen LogP contribution in [0.4, 0.5) is 18.9 Å². The molecule has 1 heterocycles. The molecule has 0 aliphatic heterocycles. The molecular weight excluding hydrogens is 453 g/mol. The molecule has 0 atom stereocenters. The summed E-state index contributed by atoms with van der Waals surface area (Å²) in [5, 5.41) is 12.0. The van der Waals surface area contributed by atoms with Gasteiger partial charge in [0.1, 0.15) is 47.0 Å². The number of furan rings is 1. The van der Waals surface area contributed by atoms with E-state index in [2.05, 4.69) is 5.32 Å². The lowest BCUT2D eigenvalue weighted by atomic mass is 10.2. The average Bonchev–Trinajstić information content (AvgIpc) is 3.28. The van der Waals surface area contributed by atoms with Gasteiger partial charge >= 0.3 is 6.18 Å². The van der Waals surface area contributed by atoms with Crippen molar-refractivity contribution in [2.45, 2.75) is 12.8 Å². The number of ether oxygens (including phenoxy) is 3. The van der Waals surface area contributed by atoms with Gasteiger partial charge in [0.25, 0.3) is 5.91 Å². The molecule has 0 saturated carbocycles. The predicted octanol–water partition coefficient (Wildman–Crippen LogP) is 5.44. The number of anilines is 1. The first-order valence-corrected chi connectivity index (χ1v) is 9.77. The Balaban J connectivity index is 1.70. The summed E-state index contributed by atoms with van der Waals surface area (Å²) >= 11 is 0. The maximum Gasteiger partial charge on any atom is 0.416 e. The second-order valence-electron chi connectivity index (χ2n) is 6.81. The van der Waals surface area contributed by atoms with Gasteiger partial charge in [0, 0.05) is 12.1 Å². The summed E-state index contributed by atoms with van der Waals surface area (Å²) in [5.41, 5.74) is -0.766. The topological polar surface area (TPSA) is 93.7 Å². The minimum absolute atomic E-state index is 0.0210. The molecule has 3 aromatic rings. The third-order valence-corrected chi connectivity index (χ3v) is 4.53. The summed E-state index contributed by atoms with van der Waals surface area (Å²) < 4.78 is 59.7. The maximum atomic E-state index is 12.8. The lowest BCUT2D eigenvalue weighted by Gasteiger charge is -2.11. The zero-order chi connectivity index (χ0) is 24.7. The SMILES string of the molecule is COc1ccc(OC)c(NC(=O)/C(C#N)=C/c2ccc(COc3cccc(C(F)(F)F)c3)o2)c1. The highest BCUT2D eigenvalue weighted by atomic mass is 19.4. The molecule has 176 valence electrons. The van der Waals surface area contributed by atoms with Crippen molar-refractivity contribution in [3.05, 3.63) is 77.3 Å². The quantitative estimate of drug-likeness (QED) is 0.347. The van der Waals surface area contributed by atoms with Crippen LogP contribution in [0.2, 0.25) is 0 Å². The van der Waals surface area contributed by atoms with E-state index in [1.165, 1.54) is 44.6 Å². The number of alkyl halides is 3. The van der Waals surface area contributed by atoms with Crippen molar-refractivity contribution in [2.75, 3.05) is 19.5 Å². The molecule has 10 heteroatoms. The van der Waals surface area contributed by atoms with Gasteiger partial charge in [0.05, 0.1) is 25.5 Å². The molecule has 0 saturated heterocycles. The van der Waals surface area contributed by atoms with Crippen LogP contribution in [-0.2, 0) is 17.6 Å². The Bertz CT molecular complexity index is 1240. The standard InChI is InChI=1S/C24H19F3N2O5/c1-31-17-8-9-22(32-2)21(12-17)29-23(30)15(13-28)10-19-6-7-20(34-19)14-33-18-5-3-4-16(11-18)24(25,26)27/h3-12H,14H2,1-2H3,(H,29,30)/b15-10+. The van der Waals surface area contributed by atoms with Gasteiger partial charge in [-0.3, -0.25) is 4.79 Å². The Morgan fingerprint density at radius 2 is 1.88 bits per heavy atom. The van der Waals surface area contributed by atoms with Crippen molar-refractivity contribution in [1.82, 2.24) is 0 Å². The van der Waals surface area contributed by atoms with E-state index in [1.54, 1.807) is 24.3 Å². The van der Waals surface area contributed by atoms with Crippen LogP contribution >= 0.6 is 0 Å². The minimum Gasteiger partial charge on any atom is -0.497 e. The van der Waals surface area contributed by atoms with Crippen LogP contribution in [-0.4, -0.2) is 20.1 Å². The highest BCUT2D eigenvalue weighted by Gasteiger charge is 2.30. The number of halogens is 3. The van der Waals surface area contributed by atoms with Crippen LogP contribution in [0.3, 0.4) is 0 Å². The Labute approximate surface area is 193 Å². The van der Waals surface area contributed by atoms with E-state index in [9.17, 15) is 23.2 Å². The van der Waals surface area contributed by atoms with Gasteiger partial charge in [-0.05, 0) is 42.5 Å². The molecule has 0 spiro atoms. The summed E-state index contributed by atoms with van der Waals surface area (Å²) in [7, 11) is 2.91. The molecule has 2 aromatic carbocycles. The normalized spacial score (nSPS) is 11.5. The fraction of sp³-hybridized carbons (Fsp3) is 0.167. The van der Waals surface area contributed by atoms with Gasteiger partial charge in [0.15, 0.2) is 0 Å². The van der Waals surface area contributed by atoms with Gasteiger partial charge in [0.2, 0.25) is 0 Å². The first-order chi connectivity index (χ1) is 16.2. The lowest BCUT2D eigenvalue weighted by molar-refractivity contribution is -0.137. The third-order valence-electron chi connectivity index (χ3n) is 4.53. The van der Waals surface area contributed by atoms with Crippen molar-refractivity contribution < 1.29 is 36.6 Å². The van der Waals surface area contributed by atoms with Crippen LogP contribution in [0.5, 0.6) is 17.2 Å². The summed E-state index contributed by atoms with van der Waals surface area (Å²) in [4.78, 5) is 12.6. The van der Waals surface area contributed by atoms with Crippen molar-refractivity contribution in [1.29, 1.82) is 5.26 Å². The molecular formula is C24H19F3N2O5. The Morgan fingerprint density at radius 3 is 2.56 bits per heavy atom. The number of amides is 1.